The first-order chi connectivity index (χ1) is 12.7. The molecule has 0 radical (unpaired) electrons. The van der Waals surface area contributed by atoms with Crippen molar-refractivity contribution in [1.29, 1.82) is 0 Å². The first-order valence-electron chi connectivity index (χ1n) is 8.47. The number of nitrogens with zero attached hydrogens (tertiary/aromatic N) is 4. The van der Waals surface area contributed by atoms with Crippen LogP contribution in [0.1, 0.15) is 11.4 Å². The summed E-state index contributed by atoms with van der Waals surface area (Å²) in [6.07, 6.45) is 5.48. The number of nitrogens with one attached hydrogen (secondary N) is 1. The molecule has 2 heterocycles. The number of hydrogen-bond acceptors (Lipinski definition) is 4. The van der Waals surface area contributed by atoms with Gasteiger partial charge in [-0.1, -0.05) is 12.1 Å². The number of benzene rings is 2. The zero-order valence-electron chi connectivity index (χ0n) is 15.1. The molecule has 0 saturated carbocycles. The predicted octanol–water partition coefficient (Wildman–Crippen LogP) is 3.70. The minimum absolute atomic E-state index is 0.663. The van der Waals surface area contributed by atoms with Crippen LogP contribution in [0.4, 0.5) is 5.69 Å². The second-order valence-electron chi connectivity index (χ2n) is 6.34. The number of rotatable bonds is 5. The number of fused-ring (bicyclic) bond motifs is 1. The van der Waals surface area contributed by atoms with Gasteiger partial charge in [-0.25, -0.2) is 9.97 Å². The first-order valence-corrected chi connectivity index (χ1v) is 8.47. The fraction of sp³-hybridized carbons (Fsp3) is 0.200. The highest BCUT2D eigenvalue weighted by Gasteiger charge is 2.13. The average Bonchev–Trinajstić information content (AvgIpc) is 3.29. The molecule has 0 atom stereocenters. The summed E-state index contributed by atoms with van der Waals surface area (Å²) >= 11 is 0. The lowest BCUT2D eigenvalue weighted by Gasteiger charge is -2.22. The fourth-order valence-corrected chi connectivity index (χ4v) is 3.28. The SMILES string of the molecule is COc1cccc(C)c1N(C)Cc1nc2cc(-n3ccnc3)ccc2[nH]1. The summed E-state index contributed by atoms with van der Waals surface area (Å²) in [4.78, 5) is 14.4. The van der Waals surface area contributed by atoms with Crippen LogP contribution in [0.25, 0.3) is 16.7 Å². The number of aryl methyl sites for hydroxylation is 1. The summed E-state index contributed by atoms with van der Waals surface area (Å²) in [6.45, 7) is 2.75. The third-order valence-electron chi connectivity index (χ3n) is 4.51. The van der Waals surface area contributed by atoms with E-state index in [4.69, 9.17) is 9.72 Å². The van der Waals surface area contributed by atoms with Crippen molar-refractivity contribution in [3.63, 3.8) is 0 Å². The second kappa shape index (κ2) is 6.55. The van der Waals surface area contributed by atoms with Gasteiger partial charge in [-0.05, 0) is 36.8 Å². The van der Waals surface area contributed by atoms with E-state index in [1.807, 2.05) is 22.9 Å². The molecule has 4 aromatic rings. The molecule has 4 rings (SSSR count). The van der Waals surface area contributed by atoms with Crippen LogP contribution in [0, 0.1) is 6.92 Å². The Morgan fingerprint density at radius 1 is 1.23 bits per heavy atom. The van der Waals surface area contributed by atoms with Crippen LogP contribution in [0.3, 0.4) is 0 Å². The van der Waals surface area contributed by atoms with E-state index < -0.39 is 0 Å². The Morgan fingerprint density at radius 3 is 2.88 bits per heavy atom. The minimum atomic E-state index is 0.663. The van der Waals surface area contributed by atoms with E-state index in [9.17, 15) is 0 Å². The molecule has 0 amide bonds. The lowest BCUT2D eigenvalue weighted by Crippen LogP contribution is -2.19. The number of methoxy groups -OCH3 is 1. The number of para-hydroxylation sites is 1. The number of ether oxygens (including phenoxy) is 1. The lowest BCUT2D eigenvalue weighted by atomic mass is 10.1. The number of anilines is 1. The highest BCUT2D eigenvalue weighted by Crippen LogP contribution is 2.31. The van der Waals surface area contributed by atoms with E-state index in [2.05, 4.69) is 53.1 Å². The van der Waals surface area contributed by atoms with Gasteiger partial charge in [0.15, 0.2) is 0 Å². The van der Waals surface area contributed by atoms with Crippen molar-refractivity contribution >= 4 is 16.7 Å². The van der Waals surface area contributed by atoms with Crippen LogP contribution in [0.15, 0.2) is 55.1 Å². The van der Waals surface area contributed by atoms with Crippen molar-refractivity contribution in [2.24, 2.45) is 0 Å². The average molecular weight is 347 g/mol. The fourth-order valence-electron chi connectivity index (χ4n) is 3.28. The smallest absolute Gasteiger partial charge is 0.142 e. The molecule has 132 valence electrons. The molecule has 0 bridgehead atoms. The first kappa shape index (κ1) is 16.2. The Balaban J connectivity index is 1.63. The molecular formula is C20H21N5O. The number of aromatic nitrogens is 4. The highest BCUT2D eigenvalue weighted by molar-refractivity contribution is 5.77. The molecule has 0 aliphatic carbocycles. The Bertz CT molecular complexity index is 1040. The van der Waals surface area contributed by atoms with Gasteiger partial charge >= 0.3 is 0 Å². The maximum absolute atomic E-state index is 5.52. The molecule has 0 aliphatic rings. The van der Waals surface area contributed by atoms with E-state index in [1.165, 1.54) is 5.56 Å². The molecule has 26 heavy (non-hydrogen) atoms. The zero-order chi connectivity index (χ0) is 18.1. The van der Waals surface area contributed by atoms with Gasteiger partial charge in [-0.3, -0.25) is 0 Å². The second-order valence-corrected chi connectivity index (χ2v) is 6.34. The largest absolute Gasteiger partial charge is 0.495 e. The van der Waals surface area contributed by atoms with Gasteiger partial charge in [-0.15, -0.1) is 0 Å². The standard InChI is InChI=1S/C20H21N5O/c1-14-5-4-6-18(26-3)20(14)24(2)12-19-22-16-8-7-15(11-17(16)23-19)25-10-9-21-13-25/h4-11,13H,12H2,1-3H3,(H,22,23). The number of hydrogen-bond donors (Lipinski definition) is 1. The summed E-state index contributed by atoms with van der Waals surface area (Å²) in [7, 11) is 3.75. The van der Waals surface area contributed by atoms with Gasteiger partial charge in [0.1, 0.15) is 11.6 Å². The quantitative estimate of drug-likeness (QED) is 0.598. The van der Waals surface area contributed by atoms with Gasteiger partial charge in [0, 0.05) is 25.1 Å². The summed E-state index contributed by atoms with van der Waals surface area (Å²) in [6, 6.07) is 12.2. The number of aromatic amines is 1. The van der Waals surface area contributed by atoms with E-state index >= 15 is 0 Å². The monoisotopic (exact) mass is 347 g/mol. The minimum Gasteiger partial charge on any atom is -0.495 e. The van der Waals surface area contributed by atoms with E-state index in [0.29, 0.717) is 6.54 Å². The molecule has 2 aromatic heterocycles. The van der Waals surface area contributed by atoms with E-state index in [1.54, 1.807) is 19.6 Å². The topological polar surface area (TPSA) is 59.0 Å². The van der Waals surface area contributed by atoms with Crippen LogP contribution in [-0.4, -0.2) is 33.7 Å². The zero-order valence-corrected chi connectivity index (χ0v) is 15.1. The normalized spacial score (nSPS) is 11.0. The molecular weight excluding hydrogens is 326 g/mol. The van der Waals surface area contributed by atoms with Crippen molar-refractivity contribution in [3.05, 3.63) is 66.5 Å². The summed E-state index contributed by atoms with van der Waals surface area (Å²) in [5, 5.41) is 0. The van der Waals surface area contributed by atoms with Gasteiger partial charge in [-0.2, -0.15) is 0 Å². The van der Waals surface area contributed by atoms with E-state index in [0.717, 1.165) is 34.0 Å². The van der Waals surface area contributed by atoms with Gasteiger partial charge < -0.3 is 19.2 Å². The van der Waals surface area contributed by atoms with Gasteiger partial charge in [0.05, 0.1) is 36.7 Å². The molecule has 2 aromatic carbocycles. The Labute approximate surface area is 152 Å². The Morgan fingerprint density at radius 2 is 2.12 bits per heavy atom. The number of H-pyrrole nitrogens is 1. The summed E-state index contributed by atoms with van der Waals surface area (Å²) in [5.74, 6) is 1.78. The molecule has 1 N–H and O–H groups in total. The third kappa shape index (κ3) is 2.90. The van der Waals surface area contributed by atoms with E-state index in [-0.39, 0.29) is 0 Å². The summed E-state index contributed by atoms with van der Waals surface area (Å²) < 4.78 is 7.49. The van der Waals surface area contributed by atoms with Crippen molar-refractivity contribution in [2.75, 3.05) is 19.1 Å². The van der Waals surface area contributed by atoms with Crippen molar-refractivity contribution in [1.82, 2.24) is 19.5 Å². The molecule has 0 fully saturated rings. The molecule has 6 nitrogen and oxygen atoms in total. The molecule has 0 unspecified atom stereocenters. The van der Waals surface area contributed by atoms with Crippen LogP contribution < -0.4 is 9.64 Å². The van der Waals surface area contributed by atoms with Gasteiger partial charge in [0.2, 0.25) is 0 Å². The van der Waals surface area contributed by atoms with Crippen LogP contribution in [-0.2, 0) is 6.54 Å². The summed E-state index contributed by atoms with van der Waals surface area (Å²) in [5.41, 5.74) is 5.26. The van der Waals surface area contributed by atoms with Crippen molar-refractivity contribution < 1.29 is 4.74 Å². The van der Waals surface area contributed by atoms with Crippen LogP contribution in [0.2, 0.25) is 0 Å². The predicted molar refractivity (Wildman–Crippen MR) is 103 cm³/mol. The highest BCUT2D eigenvalue weighted by atomic mass is 16.5. The van der Waals surface area contributed by atoms with Crippen LogP contribution in [0.5, 0.6) is 5.75 Å². The Kier molecular flexibility index (Phi) is 4.08. The van der Waals surface area contributed by atoms with Crippen molar-refractivity contribution in [2.45, 2.75) is 13.5 Å². The third-order valence-corrected chi connectivity index (χ3v) is 4.51. The van der Waals surface area contributed by atoms with Crippen LogP contribution >= 0.6 is 0 Å². The number of imidazole rings is 2. The molecule has 0 spiro atoms. The molecule has 0 saturated heterocycles. The van der Waals surface area contributed by atoms with Gasteiger partial charge in [0.25, 0.3) is 0 Å². The maximum atomic E-state index is 5.52. The lowest BCUT2D eigenvalue weighted by molar-refractivity contribution is 0.414. The molecule has 0 aliphatic heterocycles. The maximum Gasteiger partial charge on any atom is 0.142 e. The molecule has 6 heteroatoms. The van der Waals surface area contributed by atoms with Crippen molar-refractivity contribution in [3.8, 4) is 11.4 Å². The Hall–Kier alpha value is -3.28.